The summed E-state index contributed by atoms with van der Waals surface area (Å²) < 4.78 is 2.84. The van der Waals surface area contributed by atoms with Crippen molar-refractivity contribution >= 4 is 75.2 Å². The summed E-state index contributed by atoms with van der Waals surface area (Å²) in [4.78, 5) is 3.04. The van der Waals surface area contributed by atoms with Crippen LogP contribution < -0.4 is 0 Å². The molecule has 0 amide bonds. The van der Waals surface area contributed by atoms with Crippen molar-refractivity contribution in [3.05, 3.63) is 70.4 Å². The molecule has 0 fully saturated rings. The van der Waals surface area contributed by atoms with Crippen molar-refractivity contribution < 1.29 is 0 Å². The normalized spacial score (nSPS) is 12.2. The lowest BCUT2D eigenvalue weighted by Gasteiger charge is -2.09. The van der Waals surface area contributed by atoms with Gasteiger partial charge in [0, 0.05) is 29.9 Å². The van der Waals surface area contributed by atoms with Gasteiger partial charge < -0.3 is 0 Å². The van der Waals surface area contributed by atoms with Crippen LogP contribution in [0, 0.1) is 0 Å². The molecule has 160 valence electrons. The molecule has 6 rings (SSSR count). The number of fused-ring (bicyclic) bond motifs is 9. The van der Waals surface area contributed by atoms with E-state index in [0.717, 1.165) is 0 Å². The Bertz CT molecular complexity index is 1470. The van der Waals surface area contributed by atoms with Crippen molar-refractivity contribution in [2.45, 2.75) is 52.4 Å². The molecule has 32 heavy (non-hydrogen) atoms. The Balaban J connectivity index is 1.55. The van der Waals surface area contributed by atoms with Crippen LogP contribution in [0.2, 0.25) is 0 Å². The zero-order chi connectivity index (χ0) is 21.7. The van der Waals surface area contributed by atoms with Gasteiger partial charge in [-0.15, -0.1) is 22.7 Å². The second-order valence-corrected chi connectivity index (χ2v) is 11.3. The third-order valence-corrected chi connectivity index (χ3v) is 9.16. The third-order valence-electron chi connectivity index (χ3n) is 6.84. The van der Waals surface area contributed by atoms with E-state index in [9.17, 15) is 0 Å². The highest BCUT2D eigenvalue weighted by atomic mass is 32.1. The topological polar surface area (TPSA) is 0 Å². The summed E-state index contributed by atoms with van der Waals surface area (Å²) in [6.45, 7) is 4.55. The minimum atomic E-state index is 1.20. The van der Waals surface area contributed by atoms with E-state index in [1.54, 1.807) is 0 Å². The summed E-state index contributed by atoms with van der Waals surface area (Å²) in [5.41, 5.74) is 0. The predicted molar refractivity (Wildman–Crippen MR) is 147 cm³/mol. The highest BCUT2D eigenvalue weighted by Gasteiger charge is 2.12. The number of hydrogen-bond acceptors (Lipinski definition) is 2. The molecule has 0 bridgehead atoms. The van der Waals surface area contributed by atoms with Crippen LogP contribution in [0.1, 0.15) is 49.3 Å². The van der Waals surface area contributed by atoms with Gasteiger partial charge in [-0.25, -0.2) is 0 Å². The minimum absolute atomic E-state index is 1.20. The zero-order valence-electron chi connectivity index (χ0n) is 18.8. The zero-order valence-corrected chi connectivity index (χ0v) is 20.5. The Morgan fingerprint density at radius 3 is 1.19 bits per heavy atom. The van der Waals surface area contributed by atoms with E-state index in [0.29, 0.717) is 0 Å². The van der Waals surface area contributed by atoms with Gasteiger partial charge >= 0.3 is 0 Å². The molecule has 0 aliphatic carbocycles. The lowest BCUT2D eigenvalue weighted by atomic mass is 9.94. The summed E-state index contributed by atoms with van der Waals surface area (Å²) in [7, 11) is 0. The van der Waals surface area contributed by atoms with Crippen LogP contribution in [-0.2, 0) is 12.8 Å². The first-order valence-corrected chi connectivity index (χ1v) is 13.6. The van der Waals surface area contributed by atoms with Gasteiger partial charge in [-0.2, -0.15) is 0 Å². The molecule has 4 aromatic carbocycles. The molecule has 0 unspecified atom stereocenters. The Kier molecular flexibility index (Phi) is 5.16. The summed E-state index contributed by atoms with van der Waals surface area (Å²) in [6, 6.07) is 23.7. The quantitative estimate of drug-likeness (QED) is 0.220. The molecule has 0 N–H and O–H groups in total. The van der Waals surface area contributed by atoms with Gasteiger partial charge in [0.2, 0.25) is 0 Å². The molecule has 0 saturated heterocycles. The molecular weight excluding hydrogens is 424 g/mol. The fraction of sp³-hybridized carbons (Fsp3) is 0.267. The van der Waals surface area contributed by atoms with E-state index in [1.165, 1.54) is 101 Å². The SMILES string of the molecule is CCCCc1cc2c(ccc3c2ccc2c4ccc5sc(CCCC)cc5c4ccc32)s1. The monoisotopic (exact) mass is 452 g/mol. The van der Waals surface area contributed by atoms with Crippen molar-refractivity contribution in [1.82, 2.24) is 0 Å². The van der Waals surface area contributed by atoms with Crippen LogP contribution in [0.25, 0.3) is 52.5 Å². The fourth-order valence-corrected chi connectivity index (χ4v) is 7.37. The number of hydrogen-bond donors (Lipinski definition) is 0. The van der Waals surface area contributed by atoms with E-state index in [-0.39, 0.29) is 0 Å². The van der Waals surface area contributed by atoms with Gasteiger partial charge in [0.15, 0.2) is 0 Å². The molecule has 0 aliphatic rings. The van der Waals surface area contributed by atoms with Crippen LogP contribution in [-0.4, -0.2) is 0 Å². The van der Waals surface area contributed by atoms with E-state index >= 15 is 0 Å². The largest absolute Gasteiger partial charge is 0.140 e. The summed E-state index contributed by atoms with van der Waals surface area (Å²) in [6.07, 6.45) is 7.46. The average molecular weight is 453 g/mol. The summed E-state index contributed by atoms with van der Waals surface area (Å²) in [5, 5.41) is 11.2. The lowest BCUT2D eigenvalue weighted by molar-refractivity contribution is 0.804. The number of thiophene rings is 2. The van der Waals surface area contributed by atoms with Crippen LogP contribution in [0.5, 0.6) is 0 Å². The second kappa shape index (κ2) is 8.17. The Morgan fingerprint density at radius 1 is 0.469 bits per heavy atom. The van der Waals surface area contributed by atoms with Gasteiger partial charge in [0.05, 0.1) is 0 Å². The smallest absolute Gasteiger partial charge is 0.0352 e. The molecule has 0 radical (unpaired) electrons. The van der Waals surface area contributed by atoms with Gasteiger partial charge in [0.1, 0.15) is 0 Å². The maximum Gasteiger partial charge on any atom is 0.0352 e. The lowest BCUT2D eigenvalue weighted by Crippen LogP contribution is -1.82. The first-order chi connectivity index (χ1) is 15.8. The van der Waals surface area contributed by atoms with Crippen LogP contribution >= 0.6 is 22.7 Å². The van der Waals surface area contributed by atoms with E-state index in [1.807, 2.05) is 22.7 Å². The van der Waals surface area contributed by atoms with Crippen molar-refractivity contribution in [2.75, 3.05) is 0 Å². The molecule has 0 saturated carbocycles. The molecule has 6 aromatic rings. The summed E-state index contributed by atoms with van der Waals surface area (Å²) in [5.74, 6) is 0. The van der Waals surface area contributed by atoms with Crippen molar-refractivity contribution in [2.24, 2.45) is 0 Å². The van der Waals surface area contributed by atoms with Crippen LogP contribution in [0.4, 0.5) is 0 Å². The standard InChI is InChI=1S/C30H28S2/c1-3-5-7-19-17-27-25-11-9-22-21(23(25)13-15-29(27)31-19)10-12-26-24(22)14-16-30-28(26)18-20(32-30)8-6-4-2/h9-18H,3-8H2,1-2H3. The molecule has 0 atom stereocenters. The van der Waals surface area contributed by atoms with Gasteiger partial charge in [-0.05, 0) is 82.3 Å². The van der Waals surface area contributed by atoms with E-state index in [4.69, 9.17) is 0 Å². The molecule has 0 aliphatic heterocycles. The van der Waals surface area contributed by atoms with E-state index in [2.05, 4.69) is 74.5 Å². The highest BCUT2D eigenvalue weighted by molar-refractivity contribution is 7.19. The minimum Gasteiger partial charge on any atom is -0.140 e. The average Bonchev–Trinajstić information content (AvgIpc) is 3.44. The van der Waals surface area contributed by atoms with E-state index < -0.39 is 0 Å². The van der Waals surface area contributed by atoms with Gasteiger partial charge in [-0.3, -0.25) is 0 Å². The first-order valence-electron chi connectivity index (χ1n) is 12.0. The molecule has 0 nitrogen and oxygen atoms in total. The number of benzene rings is 4. The summed E-state index contributed by atoms with van der Waals surface area (Å²) >= 11 is 3.94. The maximum absolute atomic E-state index is 2.44. The second-order valence-electron chi connectivity index (χ2n) is 9.00. The molecular formula is C30H28S2. The highest BCUT2D eigenvalue weighted by Crippen LogP contribution is 2.40. The van der Waals surface area contributed by atoms with Crippen molar-refractivity contribution in [3.63, 3.8) is 0 Å². The first kappa shape index (κ1) is 20.2. The fourth-order valence-electron chi connectivity index (χ4n) is 5.13. The third kappa shape index (κ3) is 3.24. The van der Waals surface area contributed by atoms with Crippen LogP contribution in [0.3, 0.4) is 0 Å². The van der Waals surface area contributed by atoms with Crippen molar-refractivity contribution in [3.8, 4) is 0 Å². The number of aryl methyl sites for hydroxylation is 2. The molecule has 2 heterocycles. The Morgan fingerprint density at radius 2 is 0.812 bits per heavy atom. The van der Waals surface area contributed by atoms with Gasteiger partial charge in [0.25, 0.3) is 0 Å². The Hall–Kier alpha value is -2.42. The van der Waals surface area contributed by atoms with Crippen molar-refractivity contribution in [1.29, 1.82) is 0 Å². The molecule has 2 heteroatoms. The predicted octanol–water partition coefficient (Wildman–Crippen LogP) is 10.3. The Labute approximate surface area is 197 Å². The number of unbranched alkanes of at least 4 members (excludes halogenated alkanes) is 2. The molecule has 0 spiro atoms. The van der Waals surface area contributed by atoms with Crippen LogP contribution in [0.15, 0.2) is 60.7 Å². The van der Waals surface area contributed by atoms with Gasteiger partial charge in [-0.1, -0.05) is 63.1 Å². The number of rotatable bonds is 6. The molecule has 2 aromatic heterocycles. The maximum atomic E-state index is 2.44.